The lowest BCUT2D eigenvalue weighted by Gasteiger charge is -2.15. The first-order valence-electron chi connectivity index (χ1n) is 4.70. The first kappa shape index (κ1) is 10.5. The quantitative estimate of drug-likeness (QED) is 0.869. The van der Waals surface area contributed by atoms with E-state index in [4.69, 9.17) is 5.11 Å². The van der Waals surface area contributed by atoms with Gasteiger partial charge >= 0.3 is 5.97 Å². The van der Waals surface area contributed by atoms with Gasteiger partial charge in [-0.05, 0) is 37.5 Å². The average molecular weight is 271 g/mol. The second-order valence-corrected chi connectivity index (χ2v) is 4.88. The molecule has 0 spiro atoms. The van der Waals surface area contributed by atoms with Crippen molar-refractivity contribution in [3.63, 3.8) is 0 Å². The van der Waals surface area contributed by atoms with Crippen LogP contribution in [0.15, 0.2) is 16.6 Å². The molecule has 15 heavy (non-hydrogen) atoms. The lowest BCUT2D eigenvalue weighted by molar-refractivity contribution is -0.140. The zero-order chi connectivity index (χ0) is 11.2. The van der Waals surface area contributed by atoms with Gasteiger partial charge in [-0.1, -0.05) is 15.9 Å². The Hall–Kier alpha value is -1.03. The van der Waals surface area contributed by atoms with Gasteiger partial charge in [-0.15, -0.1) is 0 Å². The minimum atomic E-state index is -0.864. The number of aryl methyl sites for hydroxylation is 1. The highest BCUT2D eigenvalue weighted by Crippen LogP contribution is 2.53. The van der Waals surface area contributed by atoms with Gasteiger partial charge in [-0.3, -0.25) is 4.79 Å². The van der Waals surface area contributed by atoms with Crippen molar-refractivity contribution in [2.24, 2.45) is 0 Å². The monoisotopic (exact) mass is 270 g/mol. The molecule has 0 amide bonds. The predicted molar refractivity (Wildman–Crippen MR) is 59.1 cm³/mol. The van der Waals surface area contributed by atoms with E-state index in [1.54, 1.807) is 6.07 Å². The number of rotatable bonds is 2. The van der Waals surface area contributed by atoms with Gasteiger partial charge in [0, 0.05) is 10.0 Å². The molecule has 1 aliphatic carbocycles. The third-order valence-electron chi connectivity index (χ3n) is 2.85. The number of benzene rings is 1. The van der Waals surface area contributed by atoms with Crippen molar-refractivity contribution in [2.45, 2.75) is 25.2 Å². The van der Waals surface area contributed by atoms with E-state index in [-0.39, 0.29) is 5.75 Å². The van der Waals surface area contributed by atoms with Crippen molar-refractivity contribution < 1.29 is 15.0 Å². The Morgan fingerprint density at radius 2 is 2.07 bits per heavy atom. The van der Waals surface area contributed by atoms with Crippen molar-refractivity contribution in [3.05, 3.63) is 27.7 Å². The zero-order valence-electron chi connectivity index (χ0n) is 8.25. The maximum atomic E-state index is 11.1. The van der Waals surface area contributed by atoms with Crippen LogP contribution >= 0.6 is 15.9 Å². The number of aromatic hydroxyl groups is 1. The number of halogens is 1. The van der Waals surface area contributed by atoms with Gasteiger partial charge < -0.3 is 10.2 Å². The minimum Gasteiger partial charge on any atom is -0.508 e. The highest BCUT2D eigenvalue weighted by Gasteiger charge is 2.54. The summed E-state index contributed by atoms with van der Waals surface area (Å²) in [6, 6.07) is 3.43. The molecule has 0 aliphatic heterocycles. The fourth-order valence-electron chi connectivity index (χ4n) is 1.89. The van der Waals surface area contributed by atoms with E-state index in [0.29, 0.717) is 22.9 Å². The molecule has 2 N–H and O–H groups in total. The molecule has 1 aromatic rings. The Kier molecular flexibility index (Phi) is 2.26. The number of carboxylic acid groups (broad SMARTS) is 1. The molecule has 80 valence electrons. The van der Waals surface area contributed by atoms with Crippen molar-refractivity contribution in [1.82, 2.24) is 0 Å². The molecule has 1 aromatic carbocycles. The smallest absolute Gasteiger partial charge is 0.314 e. The first-order valence-corrected chi connectivity index (χ1v) is 5.50. The Balaban J connectivity index is 2.58. The van der Waals surface area contributed by atoms with Gasteiger partial charge in [0.2, 0.25) is 0 Å². The van der Waals surface area contributed by atoms with Crippen LogP contribution in [0, 0.1) is 6.92 Å². The maximum absolute atomic E-state index is 11.1. The normalized spacial score (nSPS) is 17.5. The van der Waals surface area contributed by atoms with Gasteiger partial charge in [0.25, 0.3) is 0 Å². The lowest BCUT2D eigenvalue weighted by atomic mass is 9.94. The summed E-state index contributed by atoms with van der Waals surface area (Å²) in [5.74, 6) is -0.788. The highest BCUT2D eigenvalue weighted by molar-refractivity contribution is 9.10. The molecule has 0 heterocycles. The SMILES string of the molecule is Cc1cc(O)c(C2(C(=O)O)CC2)c(Br)c1. The van der Waals surface area contributed by atoms with Crippen LogP contribution in [0.25, 0.3) is 0 Å². The van der Waals surface area contributed by atoms with Crippen molar-refractivity contribution in [1.29, 1.82) is 0 Å². The molecular weight excluding hydrogens is 260 g/mol. The summed E-state index contributed by atoms with van der Waals surface area (Å²) in [6.45, 7) is 1.86. The van der Waals surface area contributed by atoms with Crippen molar-refractivity contribution >= 4 is 21.9 Å². The van der Waals surface area contributed by atoms with Gasteiger partial charge in [-0.2, -0.15) is 0 Å². The molecule has 0 unspecified atom stereocenters. The minimum absolute atomic E-state index is 0.0711. The van der Waals surface area contributed by atoms with Crippen LogP contribution in [-0.4, -0.2) is 16.2 Å². The van der Waals surface area contributed by atoms with Crippen LogP contribution < -0.4 is 0 Å². The van der Waals surface area contributed by atoms with Crippen LogP contribution in [0.1, 0.15) is 24.0 Å². The summed E-state index contributed by atoms with van der Waals surface area (Å²) in [5.41, 5.74) is 0.557. The maximum Gasteiger partial charge on any atom is 0.314 e. The molecule has 1 fully saturated rings. The van der Waals surface area contributed by atoms with E-state index in [1.807, 2.05) is 13.0 Å². The van der Waals surface area contributed by atoms with Crippen molar-refractivity contribution in [2.75, 3.05) is 0 Å². The Morgan fingerprint density at radius 1 is 1.47 bits per heavy atom. The molecule has 4 heteroatoms. The topological polar surface area (TPSA) is 57.5 Å². The van der Waals surface area contributed by atoms with E-state index < -0.39 is 11.4 Å². The average Bonchev–Trinajstić information content (AvgIpc) is 2.83. The lowest BCUT2D eigenvalue weighted by Crippen LogP contribution is -2.20. The number of phenolic OH excluding ortho intramolecular Hbond substituents is 1. The first-order chi connectivity index (χ1) is 6.97. The number of carboxylic acids is 1. The van der Waals surface area contributed by atoms with Gasteiger partial charge in [0.05, 0.1) is 5.41 Å². The molecule has 1 aliphatic rings. The summed E-state index contributed by atoms with van der Waals surface area (Å²) >= 11 is 3.32. The number of hydrogen-bond acceptors (Lipinski definition) is 2. The van der Waals surface area contributed by atoms with E-state index in [0.717, 1.165) is 5.56 Å². The number of aliphatic carboxylic acids is 1. The standard InChI is InChI=1S/C11H11BrO3/c1-6-4-7(12)9(8(13)5-6)11(2-3-11)10(14)15/h4-5,13H,2-3H2,1H3,(H,14,15). The third kappa shape index (κ3) is 1.53. The summed E-state index contributed by atoms with van der Waals surface area (Å²) < 4.78 is 0.680. The molecule has 0 atom stereocenters. The van der Waals surface area contributed by atoms with Crippen LogP contribution in [0.4, 0.5) is 0 Å². The van der Waals surface area contributed by atoms with Crippen LogP contribution in [0.5, 0.6) is 5.75 Å². The largest absolute Gasteiger partial charge is 0.508 e. The van der Waals surface area contributed by atoms with E-state index in [1.165, 1.54) is 0 Å². The molecular formula is C11H11BrO3. The zero-order valence-corrected chi connectivity index (χ0v) is 9.84. The highest BCUT2D eigenvalue weighted by atomic mass is 79.9. The summed E-state index contributed by atoms with van der Waals surface area (Å²) in [7, 11) is 0. The van der Waals surface area contributed by atoms with Crippen molar-refractivity contribution in [3.8, 4) is 5.75 Å². The second-order valence-electron chi connectivity index (χ2n) is 4.03. The second kappa shape index (κ2) is 3.23. The molecule has 2 rings (SSSR count). The van der Waals surface area contributed by atoms with Crippen LogP contribution in [-0.2, 0) is 10.2 Å². The third-order valence-corrected chi connectivity index (χ3v) is 3.48. The van der Waals surface area contributed by atoms with E-state index in [9.17, 15) is 9.90 Å². The van der Waals surface area contributed by atoms with E-state index in [2.05, 4.69) is 15.9 Å². The molecule has 0 saturated heterocycles. The predicted octanol–water partition coefficient (Wildman–Crippen LogP) is 2.58. The van der Waals surface area contributed by atoms with E-state index >= 15 is 0 Å². The Morgan fingerprint density at radius 3 is 2.47 bits per heavy atom. The summed E-state index contributed by atoms with van der Waals surface area (Å²) in [4.78, 5) is 11.1. The number of hydrogen-bond donors (Lipinski definition) is 2. The summed E-state index contributed by atoms with van der Waals surface area (Å²) in [5, 5.41) is 18.9. The molecule has 0 bridgehead atoms. The van der Waals surface area contributed by atoms with Crippen LogP contribution in [0.2, 0.25) is 0 Å². The fourth-order valence-corrected chi connectivity index (χ4v) is 2.84. The summed E-state index contributed by atoms with van der Waals surface area (Å²) in [6.07, 6.45) is 1.19. The fraction of sp³-hybridized carbons (Fsp3) is 0.364. The van der Waals surface area contributed by atoms with Gasteiger partial charge in [0.1, 0.15) is 5.75 Å². The Labute approximate surface area is 95.9 Å². The van der Waals surface area contributed by atoms with Gasteiger partial charge in [0.15, 0.2) is 0 Å². The Bertz CT molecular complexity index is 412. The van der Waals surface area contributed by atoms with Gasteiger partial charge in [-0.25, -0.2) is 0 Å². The van der Waals surface area contributed by atoms with Crippen LogP contribution in [0.3, 0.4) is 0 Å². The number of carbonyl (C=O) groups is 1. The molecule has 0 radical (unpaired) electrons. The molecule has 3 nitrogen and oxygen atoms in total. The molecule has 1 saturated carbocycles. The number of phenols is 1. The molecule has 0 aromatic heterocycles.